The van der Waals surface area contributed by atoms with Crippen LogP contribution >= 0.6 is 15.9 Å². The zero-order valence-electron chi connectivity index (χ0n) is 9.87. The Kier molecular flexibility index (Phi) is 3.00. The molecule has 3 nitrogen and oxygen atoms in total. The summed E-state index contributed by atoms with van der Waals surface area (Å²) in [5.74, 6) is -0.869. The number of aryl methyl sites for hydroxylation is 1. The lowest BCUT2D eigenvalue weighted by atomic mass is 9.98. The van der Waals surface area contributed by atoms with Gasteiger partial charge in [-0.2, -0.15) is 0 Å². The molecule has 17 heavy (non-hydrogen) atoms. The molecule has 0 unspecified atom stereocenters. The monoisotopic (exact) mass is 296 g/mol. The van der Waals surface area contributed by atoms with Gasteiger partial charge in [0.25, 0.3) is 0 Å². The Labute approximate surface area is 108 Å². The fourth-order valence-electron chi connectivity index (χ4n) is 2.04. The Bertz CT molecular complexity index is 596. The summed E-state index contributed by atoms with van der Waals surface area (Å²) in [6, 6.07) is 3.88. The molecule has 0 saturated heterocycles. The van der Waals surface area contributed by atoms with E-state index in [0.717, 1.165) is 21.0 Å². The number of rotatable bonds is 2. The predicted molar refractivity (Wildman–Crippen MR) is 69.7 cm³/mol. The van der Waals surface area contributed by atoms with Crippen LogP contribution in [0, 0.1) is 6.92 Å². The van der Waals surface area contributed by atoms with Crippen molar-refractivity contribution in [3.05, 3.63) is 33.5 Å². The molecule has 0 spiro atoms. The summed E-state index contributed by atoms with van der Waals surface area (Å²) >= 11 is 3.41. The zero-order valence-corrected chi connectivity index (χ0v) is 11.5. The van der Waals surface area contributed by atoms with Gasteiger partial charge in [0, 0.05) is 10.9 Å². The Morgan fingerprint density at radius 1 is 1.41 bits per heavy atom. The third-order valence-electron chi connectivity index (χ3n) is 2.70. The fourth-order valence-corrected chi connectivity index (χ4v) is 2.70. The topological polar surface area (TPSA) is 50.4 Å². The largest absolute Gasteiger partial charge is 0.475 e. The van der Waals surface area contributed by atoms with Crippen LogP contribution in [0.2, 0.25) is 0 Å². The Morgan fingerprint density at radius 2 is 2.06 bits per heavy atom. The van der Waals surface area contributed by atoms with Crippen LogP contribution in [0.1, 0.15) is 41.4 Å². The van der Waals surface area contributed by atoms with E-state index >= 15 is 0 Å². The van der Waals surface area contributed by atoms with Crippen molar-refractivity contribution in [3.63, 3.8) is 0 Å². The molecule has 1 N–H and O–H groups in total. The summed E-state index contributed by atoms with van der Waals surface area (Å²) in [6.45, 7) is 5.90. The van der Waals surface area contributed by atoms with Gasteiger partial charge in [-0.05, 0) is 46.5 Å². The van der Waals surface area contributed by atoms with Crippen molar-refractivity contribution in [1.29, 1.82) is 0 Å². The maximum absolute atomic E-state index is 11.2. The number of hydrogen-bond acceptors (Lipinski definition) is 2. The summed E-state index contributed by atoms with van der Waals surface area (Å²) in [5, 5.41) is 10.0. The lowest BCUT2D eigenvalue weighted by Gasteiger charge is -2.04. The zero-order chi connectivity index (χ0) is 12.7. The molecule has 0 saturated carbocycles. The molecule has 2 rings (SSSR count). The number of benzene rings is 1. The normalized spacial score (nSPS) is 11.4. The minimum Gasteiger partial charge on any atom is -0.475 e. The van der Waals surface area contributed by atoms with Crippen LogP contribution in [-0.4, -0.2) is 11.1 Å². The first-order valence-corrected chi connectivity index (χ1v) is 6.17. The van der Waals surface area contributed by atoms with Crippen LogP contribution in [0.5, 0.6) is 0 Å². The van der Waals surface area contributed by atoms with Gasteiger partial charge >= 0.3 is 5.97 Å². The molecule has 0 atom stereocenters. The summed E-state index contributed by atoms with van der Waals surface area (Å²) in [4.78, 5) is 11.2. The average molecular weight is 297 g/mol. The second-order valence-corrected chi connectivity index (χ2v) is 5.28. The molecule has 0 radical (unpaired) electrons. The van der Waals surface area contributed by atoms with Gasteiger partial charge < -0.3 is 9.52 Å². The van der Waals surface area contributed by atoms with Gasteiger partial charge in [0.1, 0.15) is 5.58 Å². The van der Waals surface area contributed by atoms with E-state index in [9.17, 15) is 4.79 Å². The lowest BCUT2D eigenvalue weighted by molar-refractivity contribution is 0.0662. The van der Waals surface area contributed by atoms with E-state index in [0.29, 0.717) is 5.58 Å². The van der Waals surface area contributed by atoms with Crippen molar-refractivity contribution < 1.29 is 14.3 Å². The Hall–Kier alpha value is -1.29. The number of carboxylic acids is 1. The van der Waals surface area contributed by atoms with Crippen LogP contribution in [0.15, 0.2) is 21.0 Å². The van der Waals surface area contributed by atoms with Crippen molar-refractivity contribution in [2.75, 3.05) is 0 Å². The maximum atomic E-state index is 11.2. The highest BCUT2D eigenvalue weighted by Gasteiger charge is 2.23. The first-order chi connectivity index (χ1) is 7.91. The van der Waals surface area contributed by atoms with Gasteiger partial charge in [-0.3, -0.25) is 0 Å². The molecule has 1 heterocycles. The second-order valence-electron chi connectivity index (χ2n) is 4.43. The number of carbonyl (C=O) groups is 1. The van der Waals surface area contributed by atoms with E-state index in [-0.39, 0.29) is 11.7 Å². The van der Waals surface area contributed by atoms with E-state index in [1.807, 2.05) is 32.9 Å². The first kappa shape index (κ1) is 12.2. The molecule has 4 heteroatoms. The van der Waals surface area contributed by atoms with Gasteiger partial charge in [0.2, 0.25) is 5.76 Å². The van der Waals surface area contributed by atoms with E-state index in [1.54, 1.807) is 0 Å². The number of furan rings is 1. The van der Waals surface area contributed by atoms with Gasteiger partial charge in [-0.15, -0.1) is 0 Å². The minimum absolute atomic E-state index is 0.0429. The standard InChI is InChI=1S/C13H13BrO3/c1-6(2)10-8-4-7(3)5-9(14)11(8)17-12(10)13(15)16/h4-6H,1-3H3,(H,15,16). The van der Waals surface area contributed by atoms with Crippen LogP contribution in [0.3, 0.4) is 0 Å². The average Bonchev–Trinajstić information content (AvgIpc) is 2.56. The van der Waals surface area contributed by atoms with Gasteiger partial charge in [-0.1, -0.05) is 13.8 Å². The van der Waals surface area contributed by atoms with Gasteiger partial charge in [0.05, 0.1) is 4.47 Å². The molecule has 0 bridgehead atoms. The molecule has 0 aliphatic rings. The number of fused-ring (bicyclic) bond motifs is 1. The van der Waals surface area contributed by atoms with Gasteiger partial charge in [0.15, 0.2) is 0 Å². The van der Waals surface area contributed by atoms with Crippen molar-refractivity contribution in [3.8, 4) is 0 Å². The molecule has 0 amide bonds. The fraction of sp³-hybridized carbons (Fsp3) is 0.308. The van der Waals surface area contributed by atoms with Crippen LogP contribution in [-0.2, 0) is 0 Å². The summed E-state index contributed by atoms with van der Waals surface area (Å²) < 4.78 is 6.25. The van der Waals surface area contributed by atoms with Crippen molar-refractivity contribution in [2.24, 2.45) is 0 Å². The highest BCUT2D eigenvalue weighted by molar-refractivity contribution is 9.10. The molecule has 0 fully saturated rings. The molecule has 90 valence electrons. The van der Waals surface area contributed by atoms with Crippen LogP contribution in [0.25, 0.3) is 11.0 Å². The molecule has 0 aliphatic carbocycles. The molecule has 1 aromatic carbocycles. The number of halogens is 1. The van der Waals surface area contributed by atoms with E-state index in [4.69, 9.17) is 9.52 Å². The molecule has 1 aromatic heterocycles. The Morgan fingerprint density at radius 3 is 2.59 bits per heavy atom. The van der Waals surface area contributed by atoms with E-state index in [2.05, 4.69) is 15.9 Å². The van der Waals surface area contributed by atoms with Crippen molar-refractivity contribution in [2.45, 2.75) is 26.7 Å². The molecule has 0 aliphatic heterocycles. The number of aromatic carboxylic acids is 1. The van der Waals surface area contributed by atoms with Crippen molar-refractivity contribution >= 4 is 32.9 Å². The lowest BCUT2D eigenvalue weighted by Crippen LogP contribution is -2.00. The summed E-state index contributed by atoms with van der Waals surface area (Å²) in [5.41, 5.74) is 2.44. The quantitative estimate of drug-likeness (QED) is 0.897. The number of hydrogen-bond donors (Lipinski definition) is 1. The predicted octanol–water partition coefficient (Wildman–Crippen LogP) is 4.33. The second kappa shape index (κ2) is 4.18. The molecular weight excluding hydrogens is 284 g/mol. The first-order valence-electron chi connectivity index (χ1n) is 5.37. The highest BCUT2D eigenvalue weighted by Crippen LogP contribution is 2.36. The third kappa shape index (κ3) is 1.97. The SMILES string of the molecule is Cc1cc(Br)c2oc(C(=O)O)c(C(C)C)c2c1. The third-order valence-corrected chi connectivity index (χ3v) is 3.29. The van der Waals surface area contributed by atoms with Crippen molar-refractivity contribution in [1.82, 2.24) is 0 Å². The number of carboxylic acid groups (broad SMARTS) is 1. The van der Waals surface area contributed by atoms with E-state index in [1.165, 1.54) is 0 Å². The maximum Gasteiger partial charge on any atom is 0.372 e. The summed E-state index contributed by atoms with van der Waals surface area (Å²) in [7, 11) is 0. The molecule has 2 aromatic rings. The minimum atomic E-state index is -1.02. The van der Waals surface area contributed by atoms with Crippen LogP contribution in [0.4, 0.5) is 0 Å². The van der Waals surface area contributed by atoms with Crippen LogP contribution < -0.4 is 0 Å². The van der Waals surface area contributed by atoms with Gasteiger partial charge in [-0.25, -0.2) is 4.79 Å². The highest BCUT2D eigenvalue weighted by atomic mass is 79.9. The summed E-state index contributed by atoms with van der Waals surface area (Å²) in [6.07, 6.45) is 0. The molecular formula is C13H13BrO3. The van der Waals surface area contributed by atoms with E-state index < -0.39 is 5.97 Å². The smallest absolute Gasteiger partial charge is 0.372 e. The Balaban J connectivity index is 2.90.